The number of hydrogen-bond acceptors (Lipinski definition) is 1. The van der Waals surface area contributed by atoms with Crippen LogP contribution in [0.3, 0.4) is 0 Å². The van der Waals surface area contributed by atoms with Crippen LogP contribution in [0.4, 0.5) is 4.39 Å². The molecule has 0 radical (unpaired) electrons. The Balaban J connectivity index is 2.31. The third-order valence-electron chi connectivity index (χ3n) is 2.63. The van der Waals surface area contributed by atoms with E-state index in [9.17, 15) is 4.39 Å². The van der Waals surface area contributed by atoms with Crippen LogP contribution in [0.2, 0.25) is 5.02 Å². The monoisotopic (exact) mass is 284 g/mol. The van der Waals surface area contributed by atoms with Crippen molar-refractivity contribution in [3.63, 3.8) is 0 Å². The van der Waals surface area contributed by atoms with E-state index in [-0.39, 0.29) is 11.2 Å². The van der Waals surface area contributed by atoms with Gasteiger partial charge in [-0.1, -0.05) is 29.8 Å². The first-order valence-corrected chi connectivity index (χ1v) is 6.16. The predicted octanol–water partition coefficient (Wildman–Crippen LogP) is 4.82. The van der Waals surface area contributed by atoms with Crippen LogP contribution >= 0.6 is 23.2 Å². The molecule has 2 rings (SSSR count). The number of halogens is 3. The summed E-state index contributed by atoms with van der Waals surface area (Å²) >= 11 is 12.4. The molecule has 0 aromatic heterocycles. The SMILES string of the molecule is COc1ccc(C(Cl)c2ccc(F)cc2)cc1Cl. The van der Waals surface area contributed by atoms with E-state index in [0.29, 0.717) is 10.8 Å². The molecule has 0 saturated carbocycles. The van der Waals surface area contributed by atoms with Crippen LogP contribution in [0.15, 0.2) is 42.5 Å². The Morgan fingerprint density at radius 3 is 2.22 bits per heavy atom. The van der Waals surface area contributed by atoms with Crippen LogP contribution in [0.1, 0.15) is 16.5 Å². The van der Waals surface area contributed by atoms with Gasteiger partial charge in [-0.05, 0) is 35.4 Å². The van der Waals surface area contributed by atoms with E-state index in [4.69, 9.17) is 27.9 Å². The van der Waals surface area contributed by atoms with E-state index >= 15 is 0 Å². The summed E-state index contributed by atoms with van der Waals surface area (Å²) in [5, 5.41) is 0.136. The molecule has 0 saturated heterocycles. The average Bonchev–Trinajstić information content (AvgIpc) is 2.38. The van der Waals surface area contributed by atoms with Gasteiger partial charge in [0.1, 0.15) is 11.6 Å². The number of hydrogen-bond donors (Lipinski definition) is 0. The quantitative estimate of drug-likeness (QED) is 0.735. The molecule has 0 heterocycles. The first-order chi connectivity index (χ1) is 8.61. The van der Waals surface area contributed by atoms with Gasteiger partial charge in [-0.3, -0.25) is 0 Å². The van der Waals surface area contributed by atoms with E-state index in [1.54, 1.807) is 31.4 Å². The van der Waals surface area contributed by atoms with Crippen molar-refractivity contribution in [1.29, 1.82) is 0 Å². The average molecular weight is 285 g/mol. The molecule has 94 valence electrons. The van der Waals surface area contributed by atoms with E-state index in [1.165, 1.54) is 12.1 Å². The lowest BCUT2D eigenvalue weighted by molar-refractivity contribution is 0.415. The first-order valence-electron chi connectivity index (χ1n) is 5.35. The number of benzene rings is 2. The van der Waals surface area contributed by atoms with Gasteiger partial charge in [0.25, 0.3) is 0 Å². The molecule has 1 unspecified atom stereocenters. The zero-order valence-corrected chi connectivity index (χ0v) is 11.2. The van der Waals surface area contributed by atoms with Gasteiger partial charge in [0, 0.05) is 0 Å². The summed E-state index contributed by atoms with van der Waals surface area (Å²) < 4.78 is 17.9. The second-order valence-corrected chi connectivity index (χ2v) is 4.65. The molecular formula is C14H11Cl2FO. The summed E-state index contributed by atoms with van der Waals surface area (Å²) in [6, 6.07) is 11.4. The minimum atomic E-state index is -0.367. The number of rotatable bonds is 3. The Hall–Kier alpha value is -1.25. The summed E-state index contributed by atoms with van der Waals surface area (Å²) in [5.74, 6) is 0.318. The highest BCUT2D eigenvalue weighted by atomic mass is 35.5. The summed E-state index contributed by atoms with van der Waals surface area (Å²) in [5.41, 5.74) is 1.66. The van der Waals surface area contributed by atoms with Gasteiger partial charge in [0.05, 0.1) is 17.5 Å². The molecule has 4 heteroatoms. The molecule has 0 aliphatic heterocycles. The molecule has 0 amide bonds. The maximum atomic E-state index is 12.8. The molecule has 1 nitrogen and oxygen atoms in total. The van der Waals surface area contributed by atoms with Crippen molar-refractivity contribution in [2.24, 2.45) is 0 Å². The van der Waals surface area contributed by atoms with Crippen molar-refractivity contribution in [3.8, 4) is 5.75 Å². The summed E-state index contributed by atoms with van der Waals surface area (Å²) in [4.78, 5) is 0. The smallest absolute Gasteiger partial charge is 0.137 e. The van der Waals surface area contributed by atoms with E-state index in [1.807, 2.05) is 6.07 Å². The molecular weight excluding hydrogens is 274 g/mol. The third kappa shape index (κ3) is 2.77. The van der Waals surface area contributed by atoms with Crippen LogP contribution < -0.4 is 4.74 Å². The van der Waals surface area contributed by atoms with Gasteiger partial charge in [0.15, 0.2) is 0 Å². The standard InChI is InChI=1S/C14H11Cl2FO/c1-18-13-7-4-10(8-12(13)15)14(16)9-2-5-11(17)6-3-9/h2-8,14H,1H3. The molecule has 0 fully saturated rings. The molecule has 2 aromatic rings. The highest BCUT2D eigenvalue weighted by molar-refractivity contribution is 6.32. The lowest BCUT2D eigenvalue weighted by Crippen LogP contribution is -1.94. The van der Waals surface area contributed by atoms with Crippen molar-refractivity contribution in [3.05, 3.63) is 64.4 Å². The van der Waals surface area contributed by atoms with Crippen LogP contribution in [-0.4, -0.2) is 7.11 Å². The second kappa shape index (κ2) is 5.59. The van der Waals surface area contributed by atoms with Crippen LogP contribution in [-0.2, 0) is 0 Å². The first kappa shape index (κ1) is 13.2. The van der Waals surface area contributed by atoms with Gasteiger partial charge in [-0.25, -0.2) is 4.39 Å². The Kier molecular flexibility index (Phi) is 4.10. The molecule has 0 aliphatic carbocycles. The normalized spacial score (nSPS) is 12.2. The van der Waals surface area contributed by atoms with E-state index in [2.05, 4.69) is 0 Å². The maximum Gasteiger partial charge on any atom is 0.137 e. The summed E-state index contributed by atoms with van der Waals surface area (Å²) in [7, 11) is 1.55. The lowest BCUT2D eigenvalue weighted by atomic mass is 10.0. The Morgan fingerprint density at radius 2 is 1.67 bits per heavy atom. The van der Waals surface area contributed by atoms with Gasteiger partial charge < -0.3 is 4.74 Å². The number of methoxy groups -OCH3 is 1. The molecule has 0 N–H and O–H groups in total. The van der Waals surface area contributed by atoms with Crippen molar-refractivity contribution in [2.45, 2.75) is 5.38 Å². The minimum Gasteiger partial charge on any atom is -0.495 e. The Bertz CT molecular complexity index is 540. The zero-order chi connectivity index (χ0) is 13.1. The van der Waals surface area contributed by atoms with Gasteiger partial charge in [-0.2, -0.15) is 0 Å². The topological polar surface area (TPSA) is 9.23 Å². The fraction of sp³-hybridized carbons (Fsp3) is 0.143. The zero-order valence-electron chi connectivity index (χ0n) is 9.66. The highest BCUT2D eigenvalue weighted by Crippen LogP contribution is 2.33. The molecule has 2 aromatic carbocycles. The van der Waals surface area contributed by atoms with Gasteiger partial charge in [-0.15, -0.1) is 11.6 Å². The van der Waals surface area contributed by atoms with E-state index < -0.39 is 0 Å². The van der Waals surface area contributed by atoms with Crippen LogP contribution in [0.25, 0.3) is 0 Å². The lowest BCUT2D eigenvalue weighted by Gasteiger charge is -2.12. The van der Waals surface area contributed by atoms with Crippen molar-refractivity contribution >= 4 is 23.2 Å². The maximum absolute atomic E-state index is 12.8. The minimum absolute atomic E-state index is 0.282. The Labute approximate surface area is 115 Å². The number of ether oxygens (including phenoxy) is 1. The molecule has 0 aliphatic rings. The Morgan fingerprint density at radius 1 is 1.06 bits per heavy atom. The van der Waals surface area contributed by atoms with Crippen LogP contribution in [0.5, 0.6) is 5.75 Å². The van der Waals surface area contributed by atoms with Crippen molar-refractivity contribution in [1.82, 2.24) is 0 Å². The number of alkyl halides is 1. The van der Waals surface area contributed by atoms with Gasteiger partial charge >= 0.3 is 0 Å². The molecule has 18 heavy (non-hydrogen) atoms. The second-order valence-electron chi connectivity index (χ2n) is 3.81. The molecule has 0 spiro atoms. The molecule has 0 bridgehead atoms. The van der Waals surface area contributed by atoms with E-state index in [0.717, 1.165) is 11.1 Å². The third-order valence-corrected chi connectivity index (χ3v) is 3.43. The van der Waals surface area contributed by atoms with Gasteiger partial charge in [0.2, 0.25) is 0 Å². The van der Waals surface area contributed by atoms with Crippen molar-refractivity contribution < 1.29 is 9.13 Å². The predicted molar refractivity (Wildman–Crippen MR) is 72.1 cm³/mol. The van der Waals surface area contributed by atoms with Crippen LogP contribution in [0, 0.1) is 5.82 Å². The molecule has 1 atom stereocenters. The fourth-order valence-corrected chi connectivity index (χ4v) is 2.21. The highest BCUT2D eigenvalue weighted by Gasteiger charge is 2.12. The fourth-order valence-electron chi connectivity index (χ4n) is 1.66. The summed E-state index contributed by atoms with van der Waals surface area (Å²) in [6.07, 6.45) is 0. The van der Waals surface area contributed by atoms with Crippen molar-refractivity contribution in [2.75, 3.05) is 7.11 Å². The largest absolute Gasteiger partial charge is 0.495 e. The summed E-state index contributed by atoms with van der Waals surface area (Å²) in [6.45, 7) is 0.